The predicted octanol–water partition coefficient (Wildman–Crippen LogP) is 2.06. The second kappa shape index (κ2) is 7.08. The zero-order valence-electron chi connectivity index (χ0n) is 11.8. The molecule has 2 N–H and O–H groups in total. The number of halogens is 1. The van der Waals surface area contributed by atoms with Gasteiger partial charge < -0.3 is 9.73 Å². The van der Waals surface area contributed by atoms with Gasteiger partial charge in [-0.2, -0.15) is 0 Å². The van der Waals surface area contributed by atoms with Crippen LogP contribution >= 0.6 is 15.9 Å². The molecule has 1 heterocycles. The fourth-order valence-electron chi connectivity index (χ4n) is 1.76. The van der Waals surface area contributed by atoms with Gasteiger partial charge in [-0.1, -0.05) is 6.07 Å². The van der Waals surface area contributed by atoms with Crippen molar-refractivity contribution < 1.29 is 17.6 Å². The molecule has 0 atom stereocenters. The molecular weight excluding hydrogens is 372 g/mol. The van der Waals surface area contributed by atoms with Crippen molar-refractivity contribution in [3.8, 4) is 0 Å². The molecule has 0 saturated heterocycles. The van der Waals surface area contributed by atoms with Crippen LogP contribution < -0.4 is 10.0 Å². The molecule has 8 heteroatoms. The van der Waals surface area contributed by atoms with Crippen molar-refractivity contribution >= 4 is 31.9 Å². The van der Waals surface area contributed by atoms with Gasteiger partial charge in [-0.25, -0.2) is 13.1 Å². The number of amides is 1. The number of carbonyl (C=O) groups is 1. The monoisotopic (exact) mass is 386 g/mol. The minimum atomic E-state index is -3.63. The number of nitrogens with one attached hydrogen (secondary N) is 2. The van der Waals surface area contributed by atoms with Gasteiger partial charge in [-0.15, -0.1) is 0 Å². The summed E-state index contributed by atoms with van der Waals surface area (Å²) in [6.07, 6.45) is 1.40. The number of carbonyl (C=O) groups excluding carboxylic acids is 1. The summed E-state index contributed by atoms with van der Waals surface area (Å²) in [4.78, 5) is 11.8. The lowest BCUT2D eigenvalue weighted by atomic mass is 10.2. The fraction of sp³-hybridized carbons (Fsp3) is 0.214. The van der Waals surface area contributed by atoms with Gasteiger partial charge >= 0.3 is 0 Å². The molecule has 2 rings (SSSR count). The number of furan rings is 1. The number of sulfonamides is 1. The second-order valence-electron chi connectivity index (χ2n) is 4.56. The van der Waals surface area contributed by atoms with Gasteiger partial charge in [0.15, 0.2) is 5.76 Å². The first-order valence-electron chi connectivity index (χ1n) is 6.47. The standard InChI is InChI=1S/C14H15BrN2O4S/c1-10-4-5-13(11(15)9-10)22(19,20)17-7-6-16-14(18)12-3-2-8-21-12/h2-5,8-9,17H,6-7H2,1H3,(H,16,18). The molecule has 0 spiro atoms. The van der Waals surface area contributed by atoms with E-state index in [0.29, 0.717) is 4.47 Å². The fourth-order valence-corrected chi connectivity index (χ4v) is 3.98. The quantitative estimate of drug-likeness (QED) is 0.743. The molecule has 0 fully saturated rings. The summed E-state index contributed by atoms with van der Waals surface area (Å²) in [5.41, 5.74) is 0.955. The van der Waals surface area contributed by atoms with Crippen molar-refractivity contribution in [1.82, 2.24) is 10.0 Å². The largest absolute Gasteiger partial charge is 0.459 e. The number of hydrogen-bond acceptors (Lipinski definition) is 4. The molecule has 1 amide bonds. The van der Waals surface area contributed by atoms with E-state index in [1.165, 1.54) is 18.4 Å². The molecule has 0 aliphatic heterocycles. The van der Waals surface area contributed by atoms with Crippen LogP contribution in [-0.2, 0) is 10.0 Å². The van der Waals surface area contributed by atoms with Gasteiger partial charge in [0.2, 0.25) is 10.0 Å². The SMILES string of the molecule is Cc1ccc(S(=O)(=O)NCCNC(=O)c2ccco2)c(Br)c1. The highest BCUT2D eigenvalue weighted by Gasteiger charge is 2.17. The molecule has 2 aromatic rings. The number of hydrogen-bond donors (Lipinski definition) is 2. The first kappa shape index (κ1) is 16.7. The molecule has 22 heavy (non-hydrogen) atoms. The normalized spacial score (nSPS) is 11.4. The van der Waals surface area contributed by atoms with Crippen LogP contribution in [0.1, 0.15) is 16.1 Å². The van der Waals surface area contributed by atoms with E-state index in [2.05, 4.69) is 26.0 Å². The summed E-state index contributed by atoms with van der Waals surface area (Å²) >= 11 is 3.24. The minimum Gasteiger partial charge on any atom is -0.459 e. The summed E-state index contributed by atoms with van der Waals surface area (Å²) in [6, 6.07) is 8.11. The number of benzene rings is 1. The molecule has 1 aromatic carbocycles. The van der Waals surface area contributed by atoms with Gasteiger partial charge in [0.25, 0.3) is 5.91 Å². The second-order valence-corrected chi connectivity index (χ2v) is 7.15. The van der Waals surface area contributed by atoms with Crippen molar-refractivity contribution in [2.45, 2.75) is 11.8 Å². The third kappa shape index (κ3) is 4.19. The van der Waals surface area contributed by atoms with Crippen molar-refractivity contribution in [2.24, 2.45) is 0 Å². The van der Waals surface area contributed by atoms with E-state index in [-0.39, 0.29) is 29.7 Å². The van der Waals surface area contributed by atoms with E-state index in [9.17, 15) is 13.2 Å². The first-order chi connectivity index (χ1) is 10.4. The van der Waals surface area contributed by atoms with Gasteiger partial charge in [-0.3, -0.25) is 4.79 Å². The first-order valence-corrected chi connectivity index (χ1v) is 8.75. The van der Waals surface area contributed by atoms with Crippen LogP contribution in [0.3, 0.4) is 0 Å². The van der Waals surface area contributed by atoms with Crippen LogP contribution in [0.4, 0.5) is 0 Å². The lowest BCUT2D eigenvalue weighted by Crippen LogP contribution is -2.34. The molecule has 0 radical (unpaired) electrons. The third-order valence-corrected chi connectivity index (χ3v) is 5.26. The Morgan fingerprint density at radius 3 is 2.68 bits per heavy atom. The van der Waals surface area contributed by atoms with Gasteiger partial charge in [0.1, 0.15) is 0 Å². The van der Waals surface area contributed by atoms with Crippen molar-refractivity contribution in [3.63, 3.8) is 0 Å². The van der Waals surface area contributed by atoms with Crippen LogP contribution in [0.25, 0.3) is 0 Å². The summed E-state index contributed by atoms with van der Waals surface area (Å²) in [5.74, 6) is -0.204. The Bertz CT molecular complexity index is 757. The lowest BCUT2D eigenvalue weighted by Gasteiger charge is -2.09. The van der Waals surface area contributed by atoms with Crippen molar-refractivity contribution in [1.29, 1.82) is 0 Å². The molecule has 118 valence electrons. The number of aryl methyl sites for hydroxylation is 1. The minimum absolute atomic E-state index is 0.0785. The van der Waals surface area contributed by atoms with Crippen LogP contribution in [0.5, 0.6) is 0 Å². The van der Waals surface area contributed by atoms with E-state index < -0.39 is 10.0 Å². The summed E-state index contributed by atoms with van der Waals surface area (Å²) in [7, 11) is -3.63. The van der Waals surface area contributed by atoms with E-state index >= 15 is 0 Å². The van der Waals surface area contributed by atoms with Crippen molar-refractivity contribution in [3.05, 3.63) is 52.4 Å². The Morgan fingerprint density at radius 2 is 2.05 bits per heavy atom. The predicted molar refractivity (Wildman–Crippen MR) is 85.1 cm³/mol. The molecule has 0 unspecified atom stereocenters. The maximum absolute atomic E-state index is 12.2. The smallest absolute Gasteiger partial charge is 0.287 e. The Labute approximate surface area is 137 Å². The highest BCUT2D eigenvalue weighted by molar-refractivity contribution is 9.10. The Kier molecular flexibility index (Phi) is 5.38. The van der Waals surface area contributed by atoms with E-state index in [4.69, 9.17) is 4.42 Å². The highest BCUT2D eigenvalue weighted by Crippen LogP contribution is 2.22. The molecule has 0 aliphatic carbocycles. The number of rotatable bonds is 6. The van der Waals surface area contributed by atoms with Gasteiger partial charge in [-0.05, 0) is 52.7 Å². The summed E-state index contributed by atoms with van der Waals surface area (Å²) < 4.78 is 32.2. The molecule has 0 bridgehead atoms. The summed E-state index contributed by atoms with van der Waals surface area (Å²) in [5, 5.41) is 2.56. The van der Waals surface area contributed by atoms with Crippen LogP contribution in [-0.4, -0.2) is 27.4 Å². The Morgan fingerprint density at radius 1 is 1.27 bits per heavy atom. The topological polar surface area (TPSA) is 88.4 Å². The maximum Gasteiger partial charge on any atom is 0.287 e. The van der Waals surface area contributed by atoms with Crippen molar-refractivity contribution in [2.75, 3.05) is 13.1 Å². The molecule has 6 nitrogen and oxygen atoms in total. The van der Waals surface area contributed by atoms with Crippen LogP contribution in [0.15, 0.2) is 50.4 Å². The lowest BCUT2D eigenvalue weighted by molar-refractivity contribution is 0.0926. The van der Waals surface area contributed by atoms with E-state index in [1.807, 2.05) is 6.92 Å². The van der Waals surface area contributed by atoms with E-state index in [0.717, 1.165) is 5.56 Å². The average molecular weight is 387 g/mol. The van der Waals surface area contributed by atoms with Crippen LogP contribution in [0, 0.1) is 6.92 Å². The zero-order chi connectivity index (χ0) is 16.2. The Hall–Kier alpha value is -1.64. The van der Waals surface area contributed by atoms with Gasteiger partial charge in [0, 0.05) is 17.6 Å². The summed E-state index contributed by atoms with van der Waals surface area (Å²) in [6.45, 7) is 2.11. The Balaban J connectivity index is 1.89. The molecule has 0 aliphatic rings. The zero-order valence-corrected chi connectivity index (χ0v) is 14.2. The molecule has 1 aromatic heterocycles. The third-order valence-electron chi connectivity index (χ3n) is 2.82. The average Bonchev–Trinajstić information content (AvgIpc) is 2.97. The maximum atomic E-state index is 12.2. The molecular formula is C14H15BrN2O4S. The van der Waals surface area contributed by atoms with Gasteiger partial charge in [0.05, 0.1) is 11.2 Å². The van der Waals surface area contributed by atoms with E-state index in [1.54, 1.807) is 18.2 Å². The highest BCUT2D eigenvalue weighted by atomic mass is 79.9. The van der Waals surface area contributed by atoms with Crippen LogP contribution in [0.2, 0.25) is 0 Å². The molecule has 0 saturated carbocycles.